The number of nitrogens with two attached hydrogens (primary N) is 1. The van der Waals surface area contributed by atoms with Crippen LogP contribution in [0.2, 0.25) is 0 Å². The predicted molar refractivity (Wildman–Crippen MR) is 101 cm³/mol. The van der Waals surface area contributed by atoms with Crippen LogP contribution < -0.4 is 11.1 Å². The summed E-state index contributed by atoms with van der Waals surface area (Å²) in [5.41, 5.74) is 6.92. The summed E-state index contributed by atoms with van der Waals surface area (Å²) >= 11 is 1.35. The van der Waals surface area contributed by atoms with Gasteiger partial charge in [-0.3, -0.25) is 9.59 Å². The van der Waals surface area contributed by atoms with Crippen LogP contribution in [0.1, 0.15) is 44.5 Å². The molecule has 0 spiro atoms. The van der Waals surface area contributed by atoms with Gasteiger partial charge in [-0.1, -0.05) is 13.0 Å². The maximum Gasteiger partial charge on any atom is 0.338 e. The fourth-order valence-corrected chi connectivity index (χ4v) is 4.54. The van der Waals surface area contributed by atoms with Gasteiger partial charge in [0.1, 0.15) is 10.8 Å². The molecule has 0 aliphatic heterocycles. The van der Waals surface area contributed by atoms with E-state index in [4.69, 9.17) is 10.5 Å². The molecule has 27 heavy (non-hydrogen) atoms. The van der Waals surface area contributed by atoms with Crippen molar-refractivity contribution in [2.75, 3.05) is 11.9 Å². The molecule has 0 unspecified atom stereocenters. The molecule has 1 aromatic heterocycles. The lowest BCUT2D eigenvalue weighted by Gasteiger charge is -2.18. The highest BCUT2D eigenvalue weighted by Gasteiger charge is 2.27. The number of rotatable bonds is 5. The minimum absolute atomic E-state index is 0.0709. The Morgan fingerprint density at radius 2 is 2.15 bits per heavy atom. The smallest absolute Gasteiger partial charge is 0.338 e. The average molecular weight is 388 g/mol. The highest BCUT2D eigenvalue weighted by Crippen LogP contribution is 2.39. The Hall–Kier alpha value is -2.87. The number of thiophene rings is 1. The Kier molecular flexibility index (Phi) is 5.46. The summed E-state index contributed by atoms with van der Waals surface area (Å²) in [6.45, 7) is 1.64. The number of aromatic hydroxyl groups is 1. The standard InChI is InChI=1S/C19H20N2O5S/c1-10-5-6-13-14(7-10)27-18(16(13)17(20)24)21-15(23)9-26-19(25)11-3-2-4-12(22)8-11/h2-4,8,10,22H,5-7,9H2,1H3,(H2,20,24)(H,21,23)/t10-/m0/s1. The van der Waals surface area contributed by atoms with Crippen molar-refractivity contribution in [1.82, 2.24) is 0 Å². The van der Waals surface area contributed by atoms with Crippen molar-refractivity contribution in [3.63, 3.8) is 0 Å². The van der Waals surface area contributed by atoms with Gasteiger partial charge in [0.25, 0.3) is 11.8 Å². The first-order valence-electron chi connectivity index (χ1n) is 8.55. The van der Waals surface area contributed by atoms with Crippen LogP contribution in [0.5, 0.6) is 5.75 Å². The molecule has 0 radical (unpaired) electrons. The van der Waals surface area contributed by atoms with Gasteiger partial charge in [0.15, 0.2) is 6.61 Å². The van der Waals surface area contributed by atoms with Gasteiger partial charge in [0.05, 0.1) is 11.1 Å². The van der Waals surface area contributed by atoms with Crippen molar-refractivity contribution in [2.24, 2.45) is 11.7 Å². The molecule has 0 fully saturated rings. The van der Waals surface area contributed by atoms with E-state index in [0.717, 1.165) is 29.7 Å². The summed E-state index contributed by atoms with van der Waals surface area (Å²) in [4.78, 5) is 37.1. The molecule has 2 amide bonds. The molecule has 0 saturated carbocycles. The molecule has 142 valence electrons. The largest absolute Gasteiger partial charge is 0.508 e. The minimum Gasteiger partial charge on any atom is -0.508 e. The van der Waals surface area contributed by atoms with Gasteiger partial charge in [-0.25, -0.2) is 4.79 Å². The van der Waals surface area contributed by atoms with Crippen molar-refractivity contribution in [3.8, 4) is 5.75 Å². The topological polar surface area (TPSA) is 119 Å². The Labute approximate surface area is 160 Å². The van der Waals surface area contributed by atoms with Crippen molar-refractivity contribution in [3.05, 3.63) is 45.8 Å². The summed E-state index contributed by atoms with van der Waals surface area (Å²) in [5.74, 6) is -1.41. The number of esters is 1. The van der Waals surface area contributed by atoms with Crippen molar-refractivity contribution >= 4 is 34.1 Å². The van der Waals surface area contributed by atoms with E-state index < -0.39 is 24.4 Å². The summed E-state index contributed by atoms with van der Waals surface area (Å²) in [6, 6.07) is 5.65. The molecule has 0 bridgehead atoms. The number of ether oxygens (including phenoxy) is 1. The second-order valence-corrected chi connectivity index (χ2v) is 7.70. The molecule has 1 aromatic carbocycles. The lowest BCUT2D eigenvalue weighted by Crippen LogP contribution is -2.23. The van der Waals surface area contributed by atoms with E-state index >= 15 is 0 Å². The third kappa shape index (κ3) is 4.28. The van der Waals surface area contributed by atoms with E-state index in [-0.39, 0.29) is 11.3 Å². The van der Waals surface area contributed by atoms with Gasteiger partial charge in [0, 0.05) is 4.88 Å². The number of anilines is 1. The first-order chi connectivity index (χ1) is 12.8. The molecule has 1 aliphatic carbocycles. The summed E-state index contributed by atoms with van der Waals surface area (Å²) in [5, 5.41) is 12.4. The first-order valence-corrected chi connectivity index (χ1v) is 9.37. The fourth-order valence-electron chi connectivity index (χ4n) is 3.11. The molecule has 3 rings (SSSR count). The molecule has 8 heteroatoms. The quantitative estimate of drug-likeness (QED) is 0.680. The zero-order chi connectivity index (χ0) is 19.6. The van der Waals surface area contributed by atoms with Gasteiger partial charge in [-0.05, 0) is 48.9 Å². The number of fused-ring (bicyclic) bond motifs is 1. The second-order valence-electron chi connectivity index (χ2n) is 6.59. The Morgan fingerprint density at radius 3 is 2.85 bits per heavy atom. The van der Waals surface area contributed by atoms with Crippen LogP contribution in [-0.2, 0) is 22.4 Å². The molecule has 1 atom stereocenters. The van der Waals surface area contributed by atoms with E-state index in [2.05, 4.69) is 12.2 Å². The van der Waals surface area contributed by atoms with Crippen LogP contribution in [0.25, 0.3) is 0 Å². The number of amides is 2. The molecular weight excluding hydrogens is 368 g/mol. The molecule has 2 aromatic rings. The summed E-state index contributed by atoms with van der Waals surface area (Å²) < 4.78 is 4.96. The molecule has 1 aliphatic rings. The number of primary amides is 1. The van der Waals surface area contributed by atoms with Crippen LogP contribution in [0.4, 0.5) is 5.00 Å². The van der Waals surface area contributed by atoms with Gasteiger partial charge in [-0.15, -0.1) is 11.3 Å². The monoisotopic (exact) mass is 388 g/mol. The number of hydrogen-bond donors (Lipinski definition) is 3. The number of carbonyl (C=O) groups is 3. The molecule has 4 N–H and O–H groups in total. The van der Waals surface area contributed by atoms with Crippen LogP contribution in [0, 0.1) is 5.92 Å². The first kappa shape index (κ1) is 18.9. The van der Waals surface area contributed by atoms with E-state index in [1.54, 1.807) is 0 Å². The minimum atomic E-state index is -0.726. The van der Waals surface area contributed by atoms with E-state index in [0.29, 0.717) is 16.5 Å². The van der Waals surface area contributed by atoms with Gasteiger partial charge < -0.3 is 20.9 Å². The Bertz CT molecular complexity index is 906. The number of phenolic OH excluding ortho intramolecular Hbond substituents is 1. The molecule has 1 heterocycles. The van der Waals surface area contributed by atoms with E-state index in [1.165, 1.54) is 35.6 Å². The lowest BCUT2D eigenvalue weighted by atomic mass is 9.88. The highest BCUT2D eigenvalue weighted by molar-refractivity contribution is 7.17. The van der Waals surface area contributed by atoms with Crippen molar-refractivity contribution in [2.45, 2.75) is 26.2 Å². The van der Waals surface area contributed by atoms with Gasteiger partial charge in [-0.2, -0.15) is 0 Å². The maximum atomic E-state index is 12.2. The maximum absolute atomic E-state index is 12.2. The number of carbonyl (C=O) groups excluding carboxylic acids is 3. The fraction of sp³-hybridized carbons (Fsp3) is 0.316. The predicted octanol–water partition coefficient (Wildman–Crippen LogP) is 2.47. The number of hydrogen-bond acceptors (Lipinski definition) is 6. The van der Waals surface area contributed by atoms with Crippen molar-refractivity contribution < 1.29 is 24.2 Å². The van der Waals surface area contributed by atoms with E-state index in [9.17, 15) is 19.5 Å². The average Bonchev–Trinajstić information content (AvgIpc) is 2.96. The van der Waals surface area contributed by atoms with Crippen molar-refractivity contribution in [1.29, 1.82) is 0 Å². The SMILES string of the molecule is C[C@H]1CCc2c(sc(NC(=O)COC(=O)c3cccc(O)c3)c2C(N)=O)C1. The number of phenols is 1. The van der Waals surface area contributed by atoms with Crippen LogP contribution in [0.3, 0.4) is 0 Å². The van der Waals surface area contributed by atoms with Crippen LogP contribution >= 0.6 is 11.3 Å². The van der Waals surface area contributed by atoms with E-state index in [1.807, 2.05) is 0 Å². The number of nitrogens with one attached hydrogen (secondary N) is 1. The Balaban J connectivity index is 1.67. The molecule has 7 nitrogen and oxygen atoms in total. The molecule has 0 saturated heterocycles. The Morgan fingerprint density at radius 1 is 1.37 bits per heavy atom. The zero-order valence-electron chi connectivity index (χ0n) is 14.8. The zero-order valence-corrected chi connectivity index (χ0v) is 15.6. The van der Waals surface area contributed by atoms with Gasteiger partial charge in [0.2, 0.25) is 0 Å². The lowest BCUT2D eigenvalue weighted by molar-refractivity contribution is -0.119. The van der Waals surface area contributed by atoms with Gasteiger partial charge >= 0.3 is 5.97 Å². The third-order valence-corrected chi connectivity index (χ3v) is 5.60. The van der Waals surface area contributed by atoms with Crippen LogP contribution in [0.15, 0.2) is 24.3 Å². The third-order valence-electron chi connectivity index (χ3n) is 4.43. The molecular formula is C19H20N2O5S. The summed E-state index contributed by atoms with van der Waals surface area (Å²) in [7, 11) is 0. The number of benzene rings is 1. The second kappa shape index (κ2) is 7.79. The van der Waals surface area contributed by atoms with Crippen LogP contribution in [-0.4, -0.2) is 29.5 Å². The normalized spacial score (nSPS) is 15.7. The highest BCUT2D eigenvalue weighted by atomic mass is 32.1. The summed E-state index contributed by atoms with van der Waals surface area (Å²) in [6.07, 6.45) is 2.58.